The van der Waals surface area contributed by atoms with Gasteiger partial charge in [0.15, 0.2) is 5.83 Å². The molecule has 0 radical (unpaired) electrons. The molecule has 1 aromatic heterocycles. The molecule has 82 valence electrons. The second-order valence-corrected chi connectivity index (χ2v) is 3.58. The molecule has 0 saturated heterocycles. The Labute approximate surface area is 87.8 Å². The Morgan fingerprint density at radius 1 is 1.67 bits per heavy atom. The van der Waals surface area contributed by atoms with Crippen molar-refractivity contribution in [3.63, 3.8) is 0 Å². The van der Waals surface area contributed by atoms with Gasteiger partial charge in [0.25, 0.3) is 5.91 Å². The fourth-order valence-electron chi connectivity index (χ4n) is 1.42. The molecular formula is C10H14FN3O. The van der Waals surface area contributed by atoms with Crippen LogP contribution < -0.4 is 5.32 Å². The van der Waals surface area contributed by atoms with Crippen molar-refractivity contribution in [3.05, 3.63) is 24.3 Å². The molecule has 0 aromatic carbocycles. The van der Waals surface area contributed by atoms with Crippen molar-refractivity contribution in [1.82, 2.24) is 9.78 Å². The molecule has 0 atom stereocenters. The van der Waals surface area contributed by atoms with Gasteiger partial charge in [0, 0.05) is 7.05 Å². The van der Waals surface area contributed by atoms with Crippen molar-refractivity contribution in [2.45, 2.75) is 19.8 Å². The van der Waals surface area contributed by atoms with Crippen LogP contribution in [0, 0.1) is 0 Å². The van der Waals surface area contributed by atoms with Crippen molar-refractivity contribution in [2.75, 3.05) is 5.32 Å². The third kappa shape index (κ3) is 2.43. The van der Waals surface area contributed by atoms with Gasteiger partial charge < -0.3 is 5.32 Å². The van der Waals surface area contributed by atoms with Crippen LogP contribution in [0.25, 0.3) is 0 Å². The number of carbonyl (C=O) groups is 1. The lowest BCUT2D eigenvalue weighted by Gasteiger charge is -2.09. The van der Waals surface area contributed by atoms with E-state index in [1.165, 1.54) is 6.20 Å². The van der Waals surface area contributed by atoms with Gasteiger partial charge in [-0.1, -0.05) is 20.4 Å². The molecule has 15 heavy (non-hydrogen) atoms. The van der Waals surface area contributed by atoms with Gasteiger partial charge in [0.2, 0.25) is 0 Å². The quantitative estimate of drug-likeness (QED) is 0.777. The van der Waals surface area contributed by atoms with Crippen LogP contribution in [0.2, 0.25) is 0 Å². The molecule has 0 unspecified atom stereocenters. The Hall–Kier alpha value is -1.65. The number of carbonyl (C=O) groups excluding carboxylic acids is 1. The molecule has 4 nitrogen and oxygen atoms in total. The maximum Gasteiger partial charge on any atom is 0.283 e. The maximum atomic E-state index is 12.5. The van der Waals surface area contributed by atoms with Crippen LogP contribution in [0.15, 0.2) is 18.6 Å². The van der Waals surface area contributed by atoms with E-state index in [1.54, 1.807) is 11.7 Å². The van der Waals surface area contributed by atoms with Crippen LogP contribution in [0.5, 0.6) is 0 Å². The van der Waals surface area contributed by atoms with E-state index in [-0.39, 0.29) is 5.92 Å². The molecule has 0 fully saturated rings. The maximum absolute atomic E-state index is 12.5. The Bertz CT molecular complexity index is 395. The minimum atomic E-state index is -1.01. The second-order valence-electron chi connectivity index (χ2n) is 3.58. The van der Waals surface area contributed by atoms with Gasteiger partial charge in [0.05, 0.1) is 17.6 Å². The summed E-state index contributed by atoms with van der Waals surface area (Å²) < 4.78 is 14.1. The number of hydrogen-bond donors (Lipinski definition) is 1. The first-order valence-electron chi connectivity index (χ1n) is 4.61. The van der Waals surface area contributed by atoms with Crippen LogP contribution in [-0.2, 0) is 11.8 Å². The van der Waals surface area contributed by atoms with Gasteiger partial charge in [-0.15, -0.1) is 0 Å². The smallest absolute Gasteiger partial charge is 0.283 e. The number of amides is 1. The van der Waals surface area contributed by atoms with Crippen LogP contribution in [0.4, 0.5) is 10.1 Å². The van der Waals surface area contributed by atoms with E-state index in [4.69, 9.17) is 0 Å². The van der Waals surface area contributed by atoms with Crippen LogP contribution in [-0.4, -0.2) is 15.7 Å². The lowest BCUT2D eigenvalue weighted by atomic mass is 10.1. The fraction of sp³-hybridized carbons (Fsp3) is 0.400. The second kappa shape index (κ2) is 4.25. The third-order valence-electron chi connectivity index (χ3n) is 2.03. The largest absolute Gasteiger partial charge is 0.317 e. The predicted octanol–water partition coefficient (Wildman–Crippen LogP) is 1.97. The van der Waals surface area contributed by atoms with Crippen molar-refractivity contribution in [2.24, 2.45) is 7.05 Å². The molecule has 0 aliphatic heterocycles. The molecule has 1 heterocycles. The van der Waals surface area contributed by atoms with E-state index >= 15 is 0 Å². The van der Waals surface area contributed by atoms with Gasteiger partial charge in [-0.3, -0.25) is 9.48 Å². The van der Waals surface area contributed by atoms with E-state index in [0.717, 1.165) is 5.69 Å². The third-order valence-corrected chi connectivity index (χ3v) is 2.03. The first-order valence-corrected chi connectivity index (χ1v) is 4.61. The highest BCUT2D eigenvalue weighted by Gasteiger charge is 2.15. The number of aryl methyl sites for hydroxylation is 1. The molecule has 0 bridgehead atoms. The molecule has 1 aromatic rings. The topological polar surface area (TPSA) is 46.9 Å². The number of rotatable bonds is 3. The minimum absolute atomic E-state index is 0.195. The Kier molecular flexibility index (Phi) is 3.24. The number of aromatic nitrogens is 2. The summed E-state index contributed by atoms with van der Waals surface area (Å²) in [5.41, 5.74) is 1.38. The number of nitrogens with zero attached hydrogens (tertiary/aromatic N) is 2. The fourth-order valence-corrected chi connectivity index (χ4v) is 1.42. The number of anilines is 1. The van der Waals surface area contributed by atoms with E-state index < -0.39 is 11.7 Å². The molecule has 0 spiro atoms. The Morgan fingerprint density at radius 2 is 2.27 bits per heavy atom. The molecule has 1 rings (SSSR count). The zero-order valence-electron chi connectivity index (χ0n) is 9.04. The van der Waals surface area contributed by atoms with Crippen molar-refractivity contribution in [3.8, 4) is 0 Å². The number of hydrogen-bond acceptors (Lipinski definition) is 2. The van der Waals surface area contributed by atoms with Crippen LogP contribution >= 0.6 is 0 Å². The lowest BCUT2D eigenvalue weighted by molar-refractivity contribution is -0.114. The summed E-state index contributed by atoms with van der Waals surface area (Å²) in [7, 11) is 1.77. The molecule has 1 N–H and O–H groups in total. The van der Waals surface area contributed by atoms with Crippen LogP contribution in [0.1, 0.15) is 25.5 Å². The molecule has 1 amide bonds. The highest BCUT2D eigenvalue weighted by atomic mass is 19.1. The molecule has 0 saturated carbocycles. The van der Waals surface area contributed by atoms with Crippen LogP contribution in [0.3, 0.4) is 0 Å². The van der Waals surface area contributed by atoms with Gasteiger partial charge in [-0.2, -0.15) is 5.10 Å². The van der Waals surface area contributed by atoms with E-state index in [1.807, 2.05) is 13.8 Å². The number of halogens is 1. The average Bonchev–Trinajstić information content (AvgIpc) is 2.46. The summed E-state index contributed by atoms with van der Waals surface area (Å²) in [6, 6.07) is 0. The van der Waals surface area contributed by atoms with Crippen molar-refractivity contribution in [1.29, 1.82) is 0 Å². The van der Waals surface area contributed by atoms with Gasteiger partial charge in [-0.25, -0.2) is 4.39 Å². The lowest BCUT2D eigenvalue weighted by Crippen LogP contribution is -2.13. The minimum Gasteiger partial charge on any atom is -0.317 e. The normalized spacial score (nSPS) is 10.5. The summed E-state index contributed by atoms with van der Waals surface area (Å²) in [4.78, 5) is 11.1. The first kappa shape index (κ1) is 11.4. The Morgan fingerprint density at radius 3 is 2.73 bits per heavy atom. The summed E-state index contributed by atoms with van der Waals surface area (Å²) in [5.74, 6) is -1.64. The van der Waals surface area contributed by atoms with Crippen molar-refractivity contribution >= 4 is 11.6 Å². The summed E-state index contributed by atoms with van der Waals surface area (Å²) >= 11 is 0. The highest BCUT2D eigenvalue weighted by Crippen LogP contribution is 2.23. The summed E-state index contributed by atoms with van der Waals surface area (Å²) in [6.07, 6.45) is 1.50. The van der Waals surface area contributed by atoms with Gasteiger partial charge >= 0.3 is 0 Å². The Balaban J connectivity index is 2.95. The number of nitrogens with one attached hydrogen (secondary N) is 1. The monoisotopic (exact) mass is 211 g/mol. The molecule has 5 heteroatoms. The van der Waals surface area contributed by atoms with E-state index in [0.29, 0.717) is 5.69 Å². The average molecular weight is 211 g/mol. The summed E-state index contributed by atoms with van der Waals surface area (Å²) in [5, 5.41) is 6.42. The molecule has 0 aliphatic carbocycles. The van der Waals surface area contributed by atoms with Gasteiger partial charge in [-0.05, 0) is 5.92 Å². The highest BCUT2D eigenvalue weighted by molar-refractivity contribution is 6.01. The SMILES string of the molecule is C=C(F)C(=O)Nc1cnn(C)c1C(C)C. The zero-order valence-corrected chi connectivity index (χ0v) is 9.04. The first-order chi connectivity index (χ1) is 6.93. The summed E-state index contributed by atoms with van der Waals surface area (Å²) in [6.45, 7) is 6.86. The predicted molar refractivity (Wildman–Crippen MR) is 56.2 cm³/mol. The standard InChI is InChI=1S/C10H14FN3O/c1-6(2)9-8(5-12-14(9)4)13-10(15)7(3)11/h5-6H,3H2,1-2,4H3,(H,13,15). The molecule has 0 aliphatic rings. The van der Waals surface area contributed by atoms with Crippen molar-refractivity contribution < 1.29 is 9.18 Å². The molecular weight excluding hydrogens is 197 g/mol. The van der Waals surface area contributed by atoms with Gasteiger partial charge in [0.1, 0.15) is 0 Å². The van der Waals surface area contributed by atoms with E-state index in [9.17, 15) is 9.18 Å². The van der Waals surface area contributed by atoms with E-state index in [2.05, 4.69) is 17.0 Å². The zero-order chi connectivity index (χ0) is 11.6.